The number of hydrogen-bond donors (Lipinski definition) is 0. The van der Waals surface area contributed by atoms with E-state index < -0.39 is 0 Å². The van der Waals surface area contributed by atoms with E-state index in [1.165, 1.54) is 36.3 Å². The molecule has 1 saturated carbocycles. The zero-order valence-electron chi connectivity index (χ0n) is 12.5. The maximum Gasteiger partial charge on any atom is 0.0589 e. The number of methoxy groups -OCH3 is 1. The van der Waals surface area contributed by atoms with Crippen molar-refractivity contribution in [1.29, 1.82) is 0 Å². The number of rotatable bonds is 7. The zero-order chi connectivity index (χ0) is 13.9. The van der Waals surface area contributed by atoms with Gasteiger partial charge in [-0.2, -0.15) is 0 Å². The summed E-state index contributed by atoms with van der Waals surface area (Å²) < 4.78 is 5.30. The minimum Gasteiger partial charge on any atom is -0.383 e. The van der Waals surface area contributed by atoms with Crippen LogP contribution in [0.3, 0.4) is 0 Å². The Balaban J connectivity index is 1.59. The lowest BCUT2D eigenvalue weighted by Gasteiger charge is -2.31. The van der Waals surface area contributed by atoms with Crippen molar-refractivity contribution in [3.8, 4) is 0 Å². The molecule has 1 fully saturated rings. The highest BCUT2D eigenvalue weighted by Gasteiger charge is 2.33. The van der Waals surface area contributed by atoms with Crippen molar-refractivity contribution in [3.05, 3.63) is 29.8 Å². The Kier molecular flexibility index (Phi) is 4.69. The normalized spacial score (nSPS) is 23.1. The van der Waals surface area contributed by atoms with E-state index in [0.29, 0.717) is 5.25 Å². The van der Waals surface area contributed by atoms with Gasteiger partial charge in [-0.15, -0.1) is 11.8 Å². The number of nitrogens with zero attached hydrogens (tertiary/aromatic N) is 1. The summed E-state index contributed by atoms with van der Waals surface area (Å²) in [6.07, 6.45) is 4.06. The summed E-state index contributed by atoms with van der Waals surface area (Å²) in [7, 11) is 1.81. The largest absolute Gasteiger partial charge is 0.383 e. The van der Waals surface area contributed by atoms with E-state index in [1.807, 2.05) is 0 Å². The summed E-state index contributed by atoms with van der Waals surface area (Å²) in [6, 6.07) is 9.59. The SMILES string of the molecule is COCCN(CC1Cc2ccccc2S1)C(C)C1CC1. The molecule has 0 aromatic heterocycles. The first-order chi connectivity index (χ1) is 9.78. The molecule has 2 atom stereocenters. The Morgan fingerprint density at radius 1 is 1.35 bits per heavy atom. The maximum absolute atomic E-state index is 5.30. The van der Waals surface area contributed by atoms with Gasteiger partial charge in [0.2, 0.25) is 0 Å². The van der Waals surface area contributed by atoms with E-state index in [-0.39, 0.29) is 0 Å². The summed E-state index contributed by atoms with van der Waals surface area (Å²) in [5.41, 5.74) is 1.54. The molecule has 0 bridgehead atoms. The first-order valence-corrected chi connectivity index (χ1v) is 8.63. The molecule has 2 nitrogen and oxygen atoms in total. The van der Waals surface area contributed by atoms with Crippen molar-refractivity contribution in [3.63, 3.8) is 0 Å². The second kappa shape index (κ2) is 6.50. The lowest BCUT2D eigenvalue weighted by atomic mass is 10.1. The van der Waals surface area contributed by atoms with E-state index in [4.69, 9.17) is 4.74 Å². The third kappa shape index (κ3) is 3.38. The number of fused-ring (bicyclic) bond motifs is 1. The van der Waals surface area contributed by atoms with E-state index in [1.54, 1.807) is 7.11 Å². The predicted octanol–water partition coefficient (Wildman–Crippen LogP) is 3.45. The molecule has 0 saturated heterocycles. The molecule has 1 aliphatic carbocycles. The molecule has 2 aliphatic rings. The standard InChI is InChI=1S/C17H25NOS/c1-13(14-7-8-14)18(9-10-19-2)12-16-11-15-5-3-4-6-17(15)20-16/h3-6,13-14,16H,7-12H2,1-2H3. The Hall–Kier alpha value is -0.510. The van der Waals surface area contributed by atoms with Crippen LogP contribution in [0.2, 0.25) is 0 Å². The highest BCUT2D eigenvalue weighted by Crippen LogP contribution is 2.39. The quantitative estimate of drug-likeness (QED) is 0.763. The fourth-order valence-corrected chi connectivity index (χ4v) is 4.51. The van der Waals surface area contributed by atoms with Gasteiger partial charge in [-0.25, -0.2) is 0 Å². The van der Waals surface area contributed by atoms with E-state index in [0.717, 1.165) is 25.1 Å². The fraction of sp³-hybridized carbons (Fsp3) is 0.647. The van der Waals surface area contributed by atoms with Gasteiger partial charge in [0.1, 0.15) is 0 Å². The molecular weight excluding hydrogens is 266 g/mol. The van der Waals surface area contributed by atoms with Crippen molar-refractivity contribution in [2.45, 2.75) is 42.4 Å². The summed E-state index contributed by atoms with van der Waals surface area (Å²) in [4.78, 5) is 4.15. The molecule has 3 heteroatoms. The van der Waals surface area contributed by atoms with Crippen LogP contribution >= 0.6 is 11.8 Å². The van der Waals surface area contributed by atoms with Crippen LogP contribution in [0.5, 0.6) is 0 Å². The molecule has 0 amide bonds. The van der Waals surface area contributed by atoms with Gasteiger partial charge < -0.3 is 4.74 Å². The van der Waals surface area contributed by atoms with Crippen molar-refractivity contribution in [2.75, 3.05) is 26.8 Å². The summed E-state index contributed by atoms with van der Waals surface area (Å²) in [5.74, 6) is 0.931. The molecule has 3 rings (SSSR count). The molecule has 1 heterocycles. The average Bonchev–Trinajstić information content (AvgIpc) is 3.22. The van der Waals surface area contributed by atoms with Crippen molar-refractivity contribution in [2.24, 2.45) is 5.92 Å². The van der Waals surface area contributed by atoms with Gasteiger partial charge >= 0.3 is 0 Å². The van der Waals surface area contributed by atoms with Gasteiger partial charge in [0, 0.05) is 36.4 Å². The fourth-order valence-electron chi connectivity index (χ4n) is 3.16. The molecule has 0 radical (unpaired) electrons. The van der Waals surface area contributed by atoms with E-state index in [2.05, 4.69) is 47.9 Å². The topological polar surface area (TPSA) is 12.5 Å². The van der Waals surface area contributed by atoms with Crippen LogP contribution in [0.4, 0.5) is 0 Å². The molecule has 110 valence electrons. The minimum atomic E-state index is 0.713. The Labute approximate surface area is 126 Å². The van der Waals surface area contributed by atoms with Crippen molar-refractivity contribution < 1.29 is 4.74 Å². The molecule has 20 heavy (non-hydrogen) atoms. The molecule has 0 N–H and O–H groups in total. The van der Waals surface area contributed by atoms with Gasteiger partial charge in [-0.1, -0.05) is 18.2 Å². The molecule has 1 aliphatic heterocycles. The molecule has 1 aromatic rings. The Morgan fingerprint density at radius 3 is 2.85 bits per heavy atom. The molecular formula is C17H25NOS. The Morgan fingerprint density at radius 2 is 2.15 bits per heavy atom. The zero-order valence-corrected chi connectivity index (χ0v) is 13.4. The number of thioether (sulfide) groups is 1. The lowest BCUT2D eigenvalue weighted by molar-refractivity contribution is 0.117. The second-order valence-electron chi connectivity index (χ2n) is 6.12. The first-order valence-electron chi connectivity index (χ1n) is 7.75. The number of ether oxygens (including phenoxy) is 1. The molecule has 2 unspecified atom stereocenters. The third-order valence-electron chi connectivity index (χ3n) is 4.61. The van der Waals surface area contributed by atoms with Crippen LogP contribution in [0.15, 0.2) is 29.2 Å². The third-order valence-corrected chi connectivity index (χ3v) is 5.92. The predicted molar refractivity (Wildman–Crippen MR) is 85.4 cm³/mol. The molecule has 1 aromatic carbocycles. The van der Waals surface area contributed by atoms with Gasteiger partial charge in [0.25, 0.3) is 0 Å². The highest BCUT2D eigenvalue weighted by molar-refractivity contribution is 8.00. The van der Waals surface area contributed by atoms with Gasteiger partial charge in [0.15, 0.2) is 0 Å². The van der Waals surface area contributed by atoms with Gasteiger partial charge in [0.05, 0.1) is 6.61 Å². The van der Waals surface area contributed by atoms with Gasteiger partial charge in [-0.05, 0) is 43.7 Å². The summed E-state index contributed by atoms with van der Waals surface area (Å²) >= 11 is 2.06. The van der Waals surface area contributed by atoms with E-state index >= 15 is 0 Å². The van der Waals surface area contributed by atoms with Gasteiger partial charge in [-0.3, -0.25) is 4.90 Å². The molecule has 0 spiro atoms. The number of hydrogen-bond acceptors (Lipinski definition) is 3. The van der Waals surface area contributed by atoms with Crippen LogP contribution in [-0.2, 0) is 11.2 Å². The average molecular weight is 291 g/mol. The summed E-state index contributed by atoms with van der Waals surface area (Å²) in [6.45, 7) is 5.52. The van der Waals surface area contributed by atoms with Crippen LogP contribution in [-0.4, -0.2) is 43.0 Å². The first kappa shape index (κ1) is 14.4. The minimum absolute atomic E-state index is 0.713. The van der Waals surface area contributed by atoms with Crippen molar-refractivity contribution in [1.82, 2.24) is 4.90 Å². The van der Waals surface area contributed by atoms with Crippen LogP contribution in [0, 0.1) is 5.92 Å². The maximum atomic E-state index is 5.30. The highest BCUT2D eigenvalue weighted by atomic mass is 32.2. The van der Waals surface area contributed by atoms with Crippen molar-refractivity contribution >= 4 is 11.8 Å². The monoisotopic (exact) mass is 291 g/mol. The number of benzene rings is 1. The van der Waals surface area contributed by atoms with E-state index in [9.17, 15) is 0 Å². The van der Waals surface area contributed by atoms with Crippen LogP contribution < -0.4 is 0 Å². The Bertz CT molecular complexity index is 421. The van der Waals surface area contributed by atoms with Crippen LogP contribution in [0.25, 0.3) is 0 Å². The summed E-state index contributed by atoms with van der Waals surface area (Å²) in [5, 5.41) is 0.713. The van der Waals surface area contributed by atoms with Crippen LogP contribution in [0.1, 0.15) is 25.3 Å². The second-order valence-corrected chi connectivity index (χ2v) is 7.46. The smallest absolute Gasteiger partial charge is 0.0589 e. The lowest BCUT2D eigenvalue weighted by Crippen LogP contribution is -2.41.